The van der Waals surface area contributed by atoms with Crippen molar-refractivity contribution in [3.63, 3.8) is 0 Å². The average Bonchev–Trinajstić information content (AvgIpc) is 3.66. The third-order valence-electron chi connectivity index (χ3n) is 9.08. The molecule has 13 nitrogen and oxygen atoms in total. The molecular formula is C44H52N6O7S. The molecule has 0 bridgehead atoms. The fraction of sp³-hybridized carbons (Fsp3) is 0.318. The van der Waals surface area contributed by atoms with E-state index < -0.39 is 4.92 Å². The zero-order chi connectivity index (χ0) is 42.8. The molecule has 0 saturated heterocycles. The second kappa shape index (κ2) is 19.2. The number of ether oxygens (including phenoxy) is 2. The first-order valence-corrected chi connectivity index (χ1v) is 19.5. The number of benzene rings is 4. The molecule has 5 aromatic rings. The van der Waals surface area contributed by atoms with Crippen LogP contribution in [0.15, 0.2) is 91.1 Å². The zero-order valence-electron chi connectivity index (χ0n) is 34.6. The summed E-state index contributed by atoms with van der Waals surface area (Å²) in [5.41, 5.74) is 4.54. The van der Waals surface area contributed by atoms with Crippen LogP contribution in [-0.2, 0) is 10.8 Å². The van der Waals surface area contributed by atoms with E-state index in [9.17, 15) is 24.5 Å². The molecule has 1 heterocycles. The molecule has 0 aliphatic rings. The molecule has 0 fully saturated rings. The molecule has 0 radical (unpaired) electrons. The lowest BCUT2D eigenvalue weighted by atomic mass is 9.87. The van der Waals surface area contributed by atoms with Gasteiger partial charge in [-0.2, -0.15) is 0 Å². The van der Waals surface area contributed by atoms with E-state index >= 15 is 0 Å². The van der Waals surface area contributed by atoms with Gasteiger partial charge >= 0.3 is 0 Å². The maximum Gasteiger partial charge on any atom is 0.269 e. The van der Waals surface area contributed by atoms with Gasteiger partial charge in [-0.3, -0.25) is 24.5 Å². The molecule has 1 atom stereocenters. The topological polar surface area (TPSA) is 174 Å². The lowest BCUT2D eigenvalue weighted by molar-refractivity contribution is -0.384. The average molecular weight is 809 g/mol. The predicted octanol–water partition coefficient (Wildman–Crippen LogP) is 10.3. The van der Waals surface area contributed by atoms with Gasteiger partial charge < -0.3 is 30.7 Å². The molecule has 3 amide bonds. The molecule has 0 spiro atoms. The largest absolute Gasteiger partial charge is 0.495 e. The van der Waals surface area contributed by atoms with Crippen molar-refractivity contribution in [1.29, 1.82) is 0 Å². The predicted molar refractivity (Wildman–Crippen MR) is 232 cm³/mol. The highest BCUT2D eigenvalue weighted by molar-refractivity contribution is 7.17. The fourth-order valence-electron chi connectivity index (χ4n) is 5.32. The van der Waals surface area contributed by atoms with Crippen molar-refractivity contribution in [3.8, 4) is 11.5 Å². The number of nitrogens with zero attached hydrogens (tertiary/aromatic N) is 2. The number of non-ortho nitro benzene ring substituents is 1. The molecular weight excluding hydrogens is 757 g/mol. The summed E-state index contributed by atoms with van der Waals surface area (Å²) in [7, 11) is 3.11. The molecule has 0 aliphatic carbocycles. The number of carbonyl (C=O) groups excluding carboxylic acids is 3. The van der Waals surface area contributed by atoms with E-state index in [-0.39, 0.29) is 40.3 Å². The molecule has 5 rings (SSSR count). The minimum Gasteiger partial charge on any atom is -0.495 e. The second-order valence-corrected chi connectivity index (χ2v) is 16.6. The molecule has 4 aromatic carbocycles. The molecule has 58 heavy (non-hydrogen) atoms. The van der Waals surface area contributed by atoms with Gasteiger partial charge in [0.25, 0.3) is 23.4 Å². The van der Waals surface area contributed by atoms with E-state index in [1.54, 1.807) is 37.6 Å². The van der Waals surface area contributed by atoms with Crippen molar-refractivity contribution >= 4 is 56.9 Å². The highest BCUT2D eigenvalue weighted by Gasteiger charge is 2.20. The Kier molecular flexibility index (Phi) is 14.7. The van der Waals surface area contributed by atoms with Crippen molar-refractivity contribution in [3.05, 3.63) is 128 Å². The summed E-state index contributed by atoms with van der Waals surface area (Å²) in [6, 6.07) is 23.9. The number of nitro groups is 1. The van der Waals surface area contributed by atoms with Gasteiger partial charge in [0.1, 0.15) is 16.4 Å². The number of nitrogens with one attached hydrogen (secondary N) is 4. The molecule has 306 valence electrons. The summed E-state index contributed by atoms with van der Waals surface area (Å²) in [6.07, 6.45) is 2.53. The highest BCUT2D eigenvalue weighted by Crippen LogP contribution is 2.33. The van der Waals surface area contributed by atoms with E-state index in [0.717, 1.165) is 22.7 Å². The third kappa shape index (κ3) is 12.1. The van der Waals surface area contributed by atoms with E-state index in [1.807, 2.05) is 36.4 Å². The Balaban J connectivity index is 0.000000273. The van der Waals surface area contributed by atoms with Crippen LogP contribution in [0.3, 0.4) is 0 Å². The summed E-state index contributed by atoms with van der Waals surface area (Å²) in [4.78, 5) is 52.7. The van der Waals surface area contributed by atoms with Crippen LogP contribution in [0.2, 0.25) is 0 Å². The Labute approximate surface area is 343 Å². The minimum atomic E-state index is -0.502. The molecule has 4 N–H and O–H groups in total. The van der Waals surface area contributed by atoms with E-state index in [0.29, 0.717) is 44.6 Å². The lowest BCUT2D eigenvalue weighted by Gasteiger charge is -2.21. The van der Waals surface area contributed by atoms with Gasteiger partial charge in [0.05, 0.1) is 36.7 Å². The first-order chi connectivity index (χ1) is 27.3. The van der Waals surface area contributed by atoms with Gasteiger partial charge in [-0.25, -0.2) is 4.98 Å². The first-order valence-electron chi connectivity index (χ1n) is 18.7. The monoisotopic (exact) mass is 808 g/mol. The lowest BCUT2D eigenvalue weighted by Crippen LogP contribution is -2.16. The standard InChI is InChI=1S/C26H32N4O3S.C18H20N2O4/c1-7-16(2)28-25-27-15-22(34-25)24(32)29-19-11-8-17(9-12-19)23(31)30-20-14-18(26(3,4)5)10-13-21(20)33-6;1-18(2,3)13-7-10-16(24-4)15(11-13)19-17(21)12-5-8-14(9-6-12)20(22)23/h8-16H,7H2,1-6H3,(H,27,28)(H,29,32)(H,30,31);5-11H,1-4H3,(H,19,21)/t16-;/m1./s1. The van der Waals surface area contributed by atoms with Gasteiger partial charge in [-0.1, -0.05) is 71.9 Å². The number of nitro benzene ring substituents is 1. The van der Waals surface area contributed by atoms with Crippen LogP contribution in [0.5, 0.6) is 11.5 Å². The van der Waals surface area contributed by atoms with Gasteiger partial charge in [-0.05, 0) is 96.0 Å². The third-order valence-corrected chi connectivity index (χ3v) is 10.0. The Hall–Kier alpha value is -6.28. The molecule has 1 aromatic heterocycles. The van der Waals surface area contributed by atoms with Crippen molar-refractivity contribution in [2.75, 3.05) is 35.5 Å². The van der Waals surface area contributed by atoms with E-state index in [1.165, 1.54) is 42.7 Å². The zero-order valence-corrected chi connectivity index (χ0v) is 35.4. The van der Waals surface area contributed by atoms with Crippen LogP contribution in [0, 0.1) is 10.1 Å². The van der Waals surface area contributed by atoms with Gasteiger partial charge in [-0.15, -0.1) is 0 Å². The number of hydrogen-bond donors (Lipinski definition) is 4. The van der Waals surface area contributed by atoms with E-state index in [2.05, 4.69) is 81.6 Å². The number of amides is 3. The number of hydrogen-bond acceptors (Lipinski definition) is 10. The molecule has 0 unspecified atom stereocenters. The second-order valence-electron chi connectivity index (χ2n) is 15.6. The Morgan fingerprint density at radius 1 is 0.724 bits per heavy atom. The van der Waals surface area contributed by atoms with Crippen molar-refractivity contribution < 1.29 is 28.8 Å². The van der Waals surface area contributed by atoms with Crippen molar-refractivity contribution in [1.82, 2.24) is 4.98 Å². The summed E-state index contributed by atoms with van der Waals surface area (Å²) >= 11 is 1.31. The fourth-order valence-corrected chi connectivity index (χ4v) is 6.15. The summed E-state index contributed by atoms with van der Waals surface area (Å²) in [5, 5.41) is 23.2. The SMILES string of the molecule is CC[C@@H](C)Nc1ncc(C(=O)Nc2ccc(C(=O)Nc3cc(C(C)(C)C)ccc3OC)cc2)s1.COc1ccc(C(C)(C)C)cc1NC(=O)c1ccc([N+](=O)[O-])cc1. The number of anilines is 4. The number of methoxy groups -OCH3 is 2. The minimum absolute atomic E-state index is 0.0566. The normalized spacial score (nSPS) is 11.6. The van der Waals surface area contributed by atoms with Crippen LogP contribution in [-0.4, -0.2) is 47.9 Å². The quantitative estimate of drug-likeness (QED) is 0.0706. The molecule has 0 aliphatic heterocycles. The Morgan fingerprint density at radius 3 is 1.60 bits per heavy atom. The Morgan fingerprint density at radius 2 is 1.19 bits per heavy atom. The van der Waals surface area contributed by atoms with Gasteiger partial charge in [0, 0.05) is 35.0 Å². The highest BCUT2D eigenvalue weighted by atomic mass is 32.1. The number of rotatable bonds is 12. The van der Waals surface area contributed by atoms with Gasteiger partial charge in [0.15, 0.2) is 5.13 Å². The maximum atomic E-state index is 12.8. The smallest absolute Gasteiger partial charge is 0.269 e. The molecule has 14 heteroatoms. The van der Waals surface area contributed by atoms with Crippen LogP contribution in [0.1, 0.15) is 103 Å². The first kappa shape index (κ1) is 44.4. The maximum absolute atomic E-state index is 12.8. The summed E-state index contributed by atoms with van der Waals surface area (Å²) in [6.45, 7) is 16.7. The number of carbonyl (C=O) groups is 3. The van der Waals surface area contributed by atoms with Crippen LogP contribution in [0.4, 0.5) is 27.9 Å². The van der Waals surface area contributed by atoms with Crippen LogP contribution < -0.4 is 30.7 Å². The van der Waals surface area contributed by atoms with Crippen molar-refractivity contribution in [2.24, 2.45) is 0 Å². The number of aromatic nitrogens is 1. The van der Waals surface area contributed by atoms with Crippen molar-refractivity contribution in [2.45, 2.75) is 78.7 Å². The van der Waals surface area contributed by atoms with Gasteiger partial charge in [0.2, 0.25) is 0 Å². The van der Waals surface area contributed by atoms with Crippen LogP contribution in [0.25, 0.3) is 0 Å². The van der Waals surface area contributed by atoms with E-state index in [4.69, 9.17) is 9.47 Å². The molecule has 0 saturated carbocycles. The Bertz CT molecular complexity index is 2220. The van der Waals surface area contributed by atoms with Crippen LogP contribution >= 0.6 is 11.3 Å². The number of thiazole rings is 1. The summed E-state index contributed by atoms with van der Waals surface area (Å²) in [5.74, 6) is 0.297. The summed E-state index contributed by atoms with van der Waals surface area (Å²) < 4.78 is 10.7.